The SMILES string of the molecule is COc1ccc2c(c1)C(=O)CC(c1cccc3ccccc13)O2. The Morgan fingerprint density at radius 2 is 1.87 bits per heavy atom. The summed E-state index contributed by atoms with van der Waals surface area (Å²) in [6.45, 7) is 0. The quantitative estimate of drug-likeness (QED) is 0.696. The van der Waals surface area contributed by atoms with E-state index in [-0.39, 0.29) is 11.9 Å². The first-order valence-corrected chi connectivity index (χ1v) is 7.62. The van der Waals surface area contributed by atoms with E-state index in [1.165, 1.54) is 0 Å². The third-order valence-electron chi connectivity index (χ3n) is 4.30. The molecule has 0 saturated heterocycles. The van der Waals surface area contributed by atoms with E-state index in [0.29, 0.717) is 23.5 Å². The third-order valence-corrected chi connectivity index (χ3v) is 4.30. The van der Waals surface area contributed by atoms with Gasteiger partial charge in [-0.3, -0.25) is 4.79 Å². The van der Waals surface area contributed by atoms with Gasteiger partial charge in [-0.1, -0.05) is 42.5 Å². The predicted molar refractivity (Wildman–Crippen MR) is 89.3 cm³/mol. The van der Waals surface area contributed by atoms with E-state index >= 15 is 0 Å². The van der Waals surface area contributed by atoms with Gasteiger partial charge in [0.1, 0.15) is 17.6 Å². The number of hydrogen-bond acceptors (Lipinski definition) is 3. The van der Waals surface area contributed by atoms with Crippen LogP contribution < -0.4 is 9.47 Å². The van der Waals surface area contributed by atoms with Crippen molar-refractivity contribution in [1.82, 2.24) is 0 Å². The number of rotatable bonds is 2. The molecule has 1 unspecified atom stereocenters. The number of benzene rings is 3. The van der Waals surface area contributed by atoms with Gasteiger partial charge in [0.05, 0.1) is 19.1 Å². The highest BCUT2D eigenvalue weighted by Crippen LogP contribution is 2.38. The Hall–Kier alpha value is -2.81. The number of methoxy groups -OCH3 is 1. The Morgan fingerprint density at radius 1 is 1.04 bits per heavy atom. The zero-order valence-electron chi connectivity index (χ0n) is 12.8. The molecule has 1 heterocycles. The number of ether oxygens (including phenoxy) is 2. The summed E-state index contributed by atoms with van der Waals surface area (Å²) < 4.78 is 11.3. The second-order valence-corrected chi connectivity index (χ2v) is 5.66. The van der Waals surface area contributed by atoms with E-state index in [9.17, 15) is 4.79 Å². The molecule has 3 aromatic carbocycles. The minimum Gasteiger partial charge on any atom is -0.497 e. The van der Waals surface area contributed by atoms with Crippen LogP contribution in [0.3, 0.4) is 0 Å². The van der Waals surface area contributed by atoms with Gasteiger partial charge in [0.2, 0.25) is 0 Å². The Kier molecular flexibility index (Phi) is 3.27. The Balaban J connectivity index is 1.78. The lowest BCUT2D eigenvalue weighted by Gasteiger charge is -2.26. The fraction of sp³-hybridized carbons (Fsp3) is 0.150. The lowest BCUT2D eigenvalue weighted by atomic mass is 9.93. The van der Waals surface area contributed by atoms with Crippen LogP contribution in [0.5, 0.6) is 11.5 Å². The van der Waals surface area contributed by atoms with Crippen LogP contribution in [-0.2, 0) is 0 Å². The van der Waals surface area contributed by atoms with Crippen molar-refractivity contribution in [2.75, 3.05) is 7.11 Å². The summed E-state index contributed by atoms with van der Waals surface area (Å²) in [5.74, 6) is 1.38. The molecule has 114 valence electrons. The first kappa shape index (κ1) is 13.8. The molecule has 0 aromatic heterocycles. The fourth-order valence-electron chi connectivity index (χ4n) is 3.13. The molecule has 0 aliphatic carbocycles. The van der Waals surface area contributed by atoms with Crippen LogP contribution in [0.25, 0.3) is 10.8 Å². The molecule has 0 spiro atoms. The van der Waals surface area contributed by atoms with Crippen LogP contribution in [-0.4, -0.2) is 12.9 Å². The van der Waals surface area contributed by atoms with Crippen LogP contribution in [0, 0.1) is 0 Å². The van der Waals surface area contributed by atoms with Crippen LogP contribution in [0.15, 0.2) is 60.7 Å². The number of fused-ring (bicyclic) bond motifs is 2. The van der Waals surface area contributed by atoms with Crippen molar-refractivity contribution >= 4 is 16.6 Å². The summed E-state index contributed by atoms with van der Waals surface area (Å²) in [6.07, 6.45) is 0.0863. The number of ketones is 1. The topological polar surface area (TPSA) is 35.5 Å². The highest BCUT2D eigenvalue weighted by Gasteiger charge is 2.28. The van der Waals surface area contributed by atoms with Crippen molar-refractivity contribution < 1.29 is 14.3 Å². The highest BCUT2D eigenvalue weighted by atomic mass is 16.5. The lowest BCUT2D eigenvalue weighted by molar-refractivity contribution is 0.0851. The second-order valence-electron chi connectivity index (χ2n) is 5.66. The molecular weight excluding hydrogens is 288 g/mol. The first-order chi connectivity index (χ1) is 11.3. The van der Waals surface area contributed by atoms with Crippen LogP contribution in [0.2, 0.25) is 0 Å². The summed E-state index contributed by atoms with van der Waals surface area (Å²) in [6, 6.07) is 19.7. The maximum Gasteiger partial charge on any atom is 0.170 e. The highest BCUT2D eigenvalue weighted by molar-refractivity contribution is 6.01. The van der Waals surface area contributed by atoms with Gasteiger partial charge in [0.25, 0.3) is 0 Å². The summed E-state index contributed by atoms with van der Waals surface area (Å²) in [5.41, 5.74) is 1.65. The molecule has 0 N–H and O–H groups in total. The summed E-state index contributed by atoms with van der Waals surface area (Å²) in [5, 5.41) is 2.28. The van der Waals surface area contributed by atoms with Crippen molar-refractivity contribution in [1.29, 1.82) is 0 Å². The largest absolute Gasteiger partial charge is 0.497 e. The standard InChI is InChI=1S/C20H16O3/c1-22-14-9-10-19-17(11-14)18(21)12-20(23-19)16-8-4-6-13-5-2-3-7-15(13)16/h2-11,20H,12H2,1H3. The predicted octanol–water partition coefficient (Wildman–Crippen LogP) is 4.55. The Bertz CT molecular complexity index is 893. The molecule has 0 amide bonds. The number of Topliss-reactive ketones (excluding diaryl/α,β-unsaturated/α-hetero) is 1. The number of carbonyl (C=O) groups excluding carboxylic acids is 1. The third kappa shape index (κ3) is 2.34. The van der Waals surface area contributed by atoms with Gasteiger partial charge in [-0.15, -0.1) is 0 Å². The molecule has 0 saturated carbocycles. The van der Waals surface area contributed by atoms with E-state index in [4.69, 9.17) is 9.47 Å². The molecule has 0 fully saturated rings. The van der Waals surface area contributed by atoms with Gasteiger partial charge < -0.3 is 9.47 Å². The average Bonchev–Trinajstić information content (AvgIpc) is 2.61. The van der Waals surface area contributed by atoms with Gasteiger partial charge in [-0.2, -0.15) is 0 Å². The first-order valence-electron chi connectivity index (χ1n) is 7.62. The Morgan fingerprint density at radius 3 is 2.74 bits per heavy atom. The van der Waals surface area contributed by atoms with Crippen molar-refractivity contribution in [2.24, 2.45) is 0 Å². The van der Waals surface area contributed by atoms with E-state index < -0.39 is 0 Å². The maximum atomic E-state index is 12.5. The van der Waals surface area contributed by atoms with Gasteiger partial charge >= 0.3 is 0 Å². The lowest BCUT2D eigenvalue weighted by Crippen LogP contribution is -2.20. The number of carbonyl (C=O) groups is 1. The molecule has 1 aliphatic heterocycles. The van der Waals surface area contributed by atoms with Crippen molar-refractivity contribution in [2.45, 2.75) is 12.5 Å². The smallest absolute Gasteiger partial charge is 0.170 e. The molecule has 23 heavy (non-hydrogen) atoms. The molecule has 4 rings (SSSR count). The molecule has 0 radical (unpaired) electrons. The average molecular weight is 304 g/mol. The van der Waals surface area contributed by atoms with Crippen LogP contribution >= 0.6 is 0 Å². The molecule has 1 atom stereocenters. The molecule has 3 heteroatoms. The summed E-state index contributed by atoms with van der Waals surface area (Å²) >= 11 is 0. The molecule has 1 aliphatic rings. The number of hydrogen-bond donors (Lipinski definition) is 0. The minimum absolute atomic E-state index is 0.0862. The molecule has 0 bridgehead atoms. The van der Waals surface area contributed by atoms with Gasteiger partial charge in [0, 0.05) is 5.56 Å². The van der Waals surface area contributed by atoms with Crippen molar-refractivity contribution in [3.05, 3.63) is 71.8 Å². The van der Waals surface area contributed by atoms with E-state index in [0.717, 1.165) is 16.3 Å². The van der Waals surface area contributed by atoms with Gasteiger partial charge in [-0.25, -0.2) is 0 Å². The van der Waals surface area contributed by atoms with Gasteiger partial charge in [-0.05, 0) is 29.0 Å². The molecule has 3 aromatic rings. The van der Waals surface area contributed by atoms with E-state index in [1.54, 1.807) is 13.2 Å². The zero-order chi connectivity index (χ0) is 15.8. The molecular formula is C20H16O3. The maximum absolute atomic E-state index is 12.5. The molecule has 3 nitrogen and oxygen atoms in total. The van der Waals surface area contributed by atoms with Crippen LogP contribution in [0.1, 0.15) is 28.4 Å². The second kappa shape index (κ2) is 5.43. The van der Waals surface area contributed by atoms with Crippen molar-refractivity contribution in [3.63, 3.8) is 0 Å². The van der Waals surface area contributed by atoms with E-state index in [2.05, 4.69) is 18.2 Å². The van der Waals surface area contributed by atoms with Crippen LogP contribution in [0.4, 0.5) is 0 Å². The Labute approximate surface area is 134 Å². The van der Waals surface area contributed by atoms with Gasteiger partial charge in [0.15, 0.2) is 5.78 Å². The van der Waals surface area contributed by atoms with E-state index in [1.807, 2.05) is 36.4 Å². The minimum atomic E-state index is -0.255. The normalized spacial score (nSPS) is 16.7. The summed E-state index contributed by atoms with van der Waals surface area (Å²) in [4.78, 5) is 12.5. The zero-order valence-corrected chi connectivity index (χ0v) is 12.8. The summed E-state index contributed by atoms with van der Waals surface area (Å²) in [7, 11) is 1.59. The van der Waals surface area contributed by atoms with Crippen molar-refractivity contribution in [3.8, 4) is 11.5 Å². The fourth-order valence-corrected chi connectivity index (χ4v) is 3.13. The monoisotopic (exact) mass is 304 g/mol.